The average Bonchev–Trinajstić information content (AvgIpc) is 3.45. The normalized spacial score (nSPS) is 67.8. The molecular weight excluding hydrogens is 356 g/mol. The molecule has 2 heterocycles. The molecule has 0 radical (unpaired) electrons. The highest BCUT2D eigenvalue weighted by molar-refractivity contribution is 5.35. The Balaban J connectivity index is 1.33. The van der Waals surface area contributed by atoms with E-state index in [0.717, 1.165) is 19.3 Å². The molecule has 11 atom stereocenters. The zero-order valence-corrected chi connectivity index (χ0v) is 17.3. The summed E-state index contributed by atoms with van der Waals surface area (Å²) in [4.78, 5) is 0. The Labute approximate surface area is 167 Å². The number of fused-ring (bicyclic) bond motifs is 2. The molecule has 7 rings (SSSR count). The second kappa shape index (κ2) is 4.67. The van der Waals surface area contributed by atoms with Crippen molar-refractivity contribution in [2.75, 3.05) is 13.2 Å². The fourth-order valence-corrected chi connectivity index (χ4v) is 10.2. The highest BCUT2D eigenvalue weighted by Gasteiger charge is 2.87. The predicted molar refractivity (Wildman–Crippen MR) is 100 cm³/mol. The maximum Gasteiger partial charge on any atom is 0.169 e. The van der Waals surface area contributed by atoms with Gasteiger partial charge >= 0.3 is 0 Å². The SMILES string of the molecule is CC1(C2C[C@H]3O[C@]34C3C[C@@H](O)[C@]56CC5CC[C@]6(C)C3C[C@@H](O)[C@]24C)OCCO1. The Hall–Kier alpha value is -0.200. The molecule has 0 aromatic rings. The van der Waals surface area contributed by atoms with Gasteiger partial charge in [-0.1, -0.05) is 13.8 Å². The van der Waals surface area contributed by atoms with Crippen LogP contribution in [0.4, 0.5) is 0 Å². The first-order chi connectivity index (χ1) is 13.2. The third-order valence-corrected chi connectivity index (χ3v) is 11.6. The van der Waals surface area contributed by atoms with Crippen molar-refractivity contribution in [1.29, 1.82) is 0 Å². The van der Waals surface area contributed by atoms with Gasteiger partial charge in [-0.2, -0.15) is 0 Å². The van der Waals surface area contributed by atoms with Crippen LogP contribution in [0.15, 0.2) is 0 Å². The molecule has 5 heteroatoms. The van der Waals surface area contributed by atoms with Crippen LogP contribution in [0.1, 0.15) is 59.3 Å². The van der Waals surface area contributed by atoms with Crippen molar-refractivity contribution in [3.63, 3.8) is 0 Å². The van der Waals surface area contributed by atoms with Gasteiger partial charge in [-0.15, -0.1) is 0 Å². The van der Waals surface area contributed by atoms with Gasteiger partial charge in [0.2, 0.25) is 0 Å². The first-order valence-electron chi connectivity index (χ1n) is 11.6. The van der Waals surface area contributed by atoms with Crippen LogP contribution in [0.25, 0.3) is 0 Å². The zero-order valence-electron chi connectivity index (χ0n) is 17.3. The van der Waals surface area contributed by atoms with E-state index in [9.17, 15) is 10.2 Å². The third kappa shape index (κ3) is 1.50. The average molecular weight is 391 g/mol. The van der Waals surface area contributed by atoms with Crippen LogP contribution in [0.3, 0.4) is 0 Å². The zero-order chi connectivity index (χ0) is 19.3. The largest absolute Gasteiger partial charge is 0.393 e. The molecule has 2 N–H and O–H groups in total. The minimum atomic E-state index is -0.625. The van der Waals surface area contributed by atoms with Gasteiger partial charge in [-0.05, 0) is 68.6 Å². The van der Waals surface area contributed by atoms with E-state index in [1.54, 1.807) is 0 Å². The summed E-state index contributed by atoms with van der Waals surface area (Å²) in [5.74, 6) is 1.01. The van der Waals surface area contributed by atoms with Gasteiger partial charge in [0.05, 0.1) is 31.5 Å². The van der Waals surface area contributed by atoms with Crippen molar-refractivity contribution in [3.8, 4) is 0 Å². The Kier molecular flexibility index (Phi) is 2.92. The van der Waals surface area contributed by atoms with Crippen LogP contribution >= 0.6 is 0 Å². The third-order valence-electron chi connectivity index (χ3n) is 11.6. The number of epoxide rings is 1. The second-order valence-corrected chi connectivity index (χ2v) is 11.8. The number of rotatable bonds is 1. The van der Waals surface area contributed by atoms with Crippen molar-refractivity contribution in [2.45, 2.75) is 89.0 Å². The number of hydrogen-bond acceptors (Lipinski definition) is 5. The van der Waals surface area contributed by atoms with E-state index in [1.807, 2.05) is 0 Å². The van der Waals surface area contributed by atoms with Gasteiger partial charge in [-0.25, -0.2) is 0 Å². The molecule has 5 saturated carbocycles. The molecule has 0 amide bonds. The van der Waals surface area contributed by atoms with E-state index in [1.165, 1.54) is 19.3 Å². The molecule has 2 saturated heterocycles. The number of aliphatic hydroxyl groups is 2. The number of ether oxygens (including phenoxy) is 3. The first-order valence-corrected chi connectivity index (χ1v) is 11.6. The van der Waals surface area contributed by atoms with E-state index in [-0.39, 0.29) is 40.0 Å². The molecular formula is C23H34O5. The van der Waals surface area contributed by atoms with Crippen molar-refractivity contribution < 1.29 is 24.4 Å². The van der Waals surface area contributed by atoms with Gasteiger partial charge in [0.25, 0.3) is 0 Å². The smallest absolute Gasteiger partial charge is 0.169 e. The summed E-state index contributed by atoms with van der Waals surface area (Å²) in [6, 6.07) is 0. The predicted octanol–water partition coefficient (Wildman–Crippen LogP) is 2.48. The monoisotopic (exact) mass is 390 g/mol. The Morgan fingerprint density at radius 2 is 1.61 bits per heavy atom. The molecule has 0 bridgehead atoms. The number of hydrogen-bond donors (Lipinski definition) is 2. The summed E-state index contributed by atoms with van der Waals surface area (Å²) in [5, 5.41) is 23.0. The summed E-state index contributed by atoms with van der Waals surface area (Å²) in [6.07, 6.45) is 5.79. The summed E-state index contributed by atoms with van der Waals surface area (Å²) in [7, 11) is 0. The summed E-state index contributed by atoms with van der Waals surface area (Å²) in [5.41, 5.74) is -0.406. The molecule has 5 aliphatic carbocycles. The summed E-state index contributed by atoms with van der Waals surface area (Å²) < 4.78 is 18.7. The van der Waals surface area contributed by atoms with Gasteiger partial charge in [0.15, 0.2) is 5.79 Å². The van der Waals surface area contributed by atoms with Gasteiger partial charge in [0, 0.05) is 16.7 Å². The van der Waals surface area contributed by atoms with Crippen molar-refractivity contribution in [1.82, 2.24) is 0 Å². The molecule has 7 aliphatic rings. The van der Waals surface area contributed by atoms with Crippen LogP contribution in [0.2, 0.25) is 0 Å². The lowest BCUT2D eigenvalue weighted by Crippen LogP contribution is -2.66. The molecule has 5 nitrogen and oxygen atoms in total. The maximum absolute atomic E-state index is 11.7. The van der Waals surface area contributed by atoms with Crippen molar-refractivity contribution in [2.24, 2.45) is 39.9 Å². The highest BCUT2D eigenvalue weighted by atomic mass is 16.7. The van der Waals surface area contributed by atoms with E-state index in [0.29, 0.717) is 31.0 Å². The highest BCUT2D eigenvalue weighted by Crippen LogP contribution is 2.84. The minimum absolute atomic E-state index is 0.129. The van der Waals surface area contributed by atoms with Crippen molar-refractivity contribution in [3.05, 3.63) is 0 Å². The summed E-state index contributed by atoms with van der Waals surface area (Å²) >= 11 is 0. The van der Waals surface area contributed by atoms with E-state index >= 15 is 0 Å². The van der Waals surface area contributed by atoms with Crippen LogP contribution < -0.4 is 0 Å². The van der Waals surface area contributed by atoms with Gasteiger partial charge in [-0.3, -0.25) is 0 Å². The Morgan fingerprint density at radius 3 is 2.32 bits per heavy atom. The number of aliphatic hydroxyl groups excluding tert-OH is 2. The van der Waals surface area contributed by atoms with Crippen LogP contribution in [-0.2, 0) is 14.2 Å². The van der Waals surface area contributed by atoms with Gasteiger partial charge in [0.1, 0.15) is 5.60 Å². The minimum Gasteiger partial charge on any atom is -0.393 e. The quantitative estimate of drug-likeness (QED) is 0.673. The molecule has 0 aromatic carbocycles. The lowest BCUT2D eigenvalue weighted by molar-refractivity contribution is -0.263. The molecule has 2 aliphatic heterocycles. The fourth-order valence-electron chi connectivity index (χ4n) is 10.2. The van der Waals surface area contributed by atoms with Gasteiger partial charge < -0.3 is 24.4 Å². The lowest BCUT2D eigenvalue weighted by atomic mass is 9.44. The first kappa shape index (κ1) is 17.5. The molecule has 2 spiro atoms. The second-order valence-electron chi connectivity index (χ2n) is 11.8. The van der Waals surface area contributed by atoms with E-state index in [4.69, 9.17) is 14.2 Å². The van der Waals surface area contributed by atoms with Crippen molar-refractivity contribution >= 4 is 0 Å². The van der Waals surface area contributed by atoms with Crippen LogP contribution in [0.5, 0.6) is 0 Å². The molecule has 7 fully saturated rings. The molecule has 0 aromatic heterocycles. The molecule has 28 heavy (non-hydrogen) atoms. The van der Waals surface area contributed by atoms with Crippen LogP contribution in [-0.4, -0.2) is 53.1 Å². The lowest BCUT2D eigenvalue weighted by Gasteiger charge is -2.62. The Bertz CT molecular complexity index is 749. The van der Waals surface area contributed by atoms with E-state index < -0.39 is 11.9 Å². The standard InChI is InChI=1S/C23H34O5/c1-19-5-4-12-11-22(12,19)17(25)9-14-13(19)8-16(24)20(2)15(10-18-23(14,20)28-18)21(3)26-6-7-27-21/h12-18,24-25H,4-11H2,1-3H3/t12?,13?,14?,15?,16-,17-,18-,19-,20+,22+,23-/m1/s1. The maximum atomic E-state index is 11.7. The molecule has 156 valence electrons. The Morgan fingerprint density at radius 1 is 0.893 bits per heavy atom. The van der Waals surface area contributed by atoms with Crippen LogP contribution in [0, 0.1) is 39.9 Å². The molecule has 4 unspecified atom stereocenters. The fraction of sp³-hybridized carbons (Fsp3) is 1.00. The van der Waals surface area contributed by atoms with E-state index in [2.05, 4.69) is 20.8 Å². The topological polar surface area (TPSA) is 71.5 Å². The summed E-state index contributed by atoms with van der Waals surface area (Å²) in [6.45, 7) is 7.98.